The molecule has 14 rings (SSSR count). The van der Waals surface area contributed by atoms with Crippen molar-refractivity contribution in [3.05, 3.63) is 252 Å². The average molecular weight is 911 g/mol. The normalized spacial score (nSPS) is 13.6. The van der Waals surface area contributed by atoms with Gasteiger partial charge in [-0.05, 0) is 149 Å². The summed E-state index contributed by atoms with van der Waals surface area (Å²) < 4.78 is 4.91. The van der Waals surface area contributed by atoms with Crippen LogP contribution in [-0.4, -0.2) is 9.13 Å². The summed E-state index contributed by atoms with van der Waals surface area (Å²) in [6.45, 7) is 14.1. The zero-order chi connectivity index (χ0) is 48.0. The third-order valence-electron chi connectivity index (χ3n) is 16.1. The summed E-state index contributed by atoms with van der Waals surface area (Å²) >= 11 is 0. The molecule has 0 unspecified atom stereocenters. The van der Waals surface area contributed by atoms with Crippen molar-refractivity contribution in [3.8, 4) is 55.9 Å². The number of hydrogen-bond acceptors (Lipinski definition) is 0. The molecule has 0 radical (unpaired) electrons. The highest BCUT2D eigenvalue weighted by atomic mass is 15.0. The molecule has 2 aliphatic rings. The molecule has 0 saturated heterocycles. The minimum atomic E-state index is -0.549. The fraction of sp³-hybridized carbons (Fsp3) is 0.130. The van der Waals surface area contributed by atoms with E-state index in [2.05, 4.69) is 269 Å². The van der Waals surface area contributed by atoms with Crippen LogP contribution in [0.1, 0.15) is 74.9 Å². The first-order chi connectivity index (χ1) is 34.5. The van der Waals surface area contributed by atoms with Crippen LogP contribution in [-0.2, 0) is 16.2 Å². The molecule has 0 N–H and O–H groups in total. The molecule has 0 atom stereocenters. The molecule has 71 heavy (non-hydrogen) atoms. The van der Waals surface area contributed by atoms with Gasteiger partial charge in [0.15, 0.2) is 0 Å². The van der Waals surface area contributed by atoms with E-state index in [0.29, 0.717) is 0 Å². The molecule has 0 saturated carbocycles. The van der Waals surface area contributed by atoms with E-state index in [9.17, 15) is 0 Å². The van der Waals surface area contributed by atoms with Crippen LogP contribution in [0.25, 0.3) is 99.5 Å². The fourth-order valence-corrected chi connectivity index (χ4v) is 12.6. The first-order valence-electron chi connectivity index (χ1n) is 25.3. The van der Waals surface area contributed by atoms with E-state index in [1.165, 1.54) is 133 Å². The fourth-order valence-electron chi connectivity index (χ4n) is 12.6. The van der Waals surface area contributed by atoms with Gasteiger partial charge in [0.1, 0.15) is 0 Å². The lowest BCUT2D eigenvalue weighted by Crippen LogP contribution is -2.27. The Hall–Kier alpha value is -8.20. The second-order valence-corrected chi connectivity index (χ2v) is 22.1. The van der Waals surface area contributed by atoms with Gasteiger partial charge in [-0.2, -0.15) is 0 Å². The van der Waals surface area contributed by atoms with Crippen LogP contribution in [0.4, 0.5) is 0 Å². The third kappa shape index (κ3) is 5.95. The molecule has 2 nitrogen and oxygen atoms in total. The molecule has 0 amide bonds. The number of rotatable bonds is 4. The molecule has 2 aliphatic carbocycles. The van der Waals surface area contributed by atoms with Gasteiger partial charge in [-0.15, -0.1) is 0 Å². The molecule has 2 heteroatoms. The Morgan fingerprint density at radius 1 is 0.296 bits per heavy atom. The van der Waals surface area contributed by atoms with E-state index < -0.39 is 5.41 Å². The van der Waals surface area contributed by atoms with E-state index in [0.717, 1.165) is 0 Å². The van der Waals surface area contributed by atoms with Crippen molar-refractivity contribution in [3.63, 3.8) is 0 Å². The molecular weight excluding hydrogens is 857 g/mol. The maximum absolute atomic E-state index is 2.56. The van der Waals surface area contributed by atoms with Crippen molar-refractivity contribution in [2.45, 2.75) is 57.8 Å². The van der Waals surface area contributed by atoms with E-state index >= 15 is 0 Å². The van der Waals surface area contributed by atoms with Crippen LogP contribution in [0.15, 0.2) is 218 Å². The Morgan fingerprint density at radius 2 is 0.775 bits per heavy atom. The summed E-state index contributed by atoms with van der Waals surface area (Å²) in [6, 6.07) is 82.8. The lowest BCUT2D eigenvalue weighted by atomic mass is 9.68. The van der Waals surface area contributed by atoms with E-state index in [1.807, 2.05) is 0 Å². The van der Waals surface area contributed by atoms with Crippen molar-refractivity contribution in [1.82, 2.24) is 9.13 Å². The van der Waals surface area contributed by atoms with Gasteiger partial charge in [0.05, 0.1) is 27.5 Å². The minimum absolute atomic E-state index is 0.0335. The highest BCUT2D eigenvalue weighted by Crippen LogP contribution is 2.65. The Morgan fingerprint density at radius 3 is 1.34 bits per heavy atom. The van der Waals surface area contributed by atoms with Gasteiger partial charge in [0.25, 0.3) is 0 Å². The van der Waals surface area contributed by atoms with Gasteiger partial charge in [0.2, 0.25) is 0 Å². The first kappa shape index (κ1) is 41.7. The largest absolute Gasteiger partial charge is 0.309 e. The predicted molar refractivity (Wildman–Crippen MR) is 300 cm³/mol. The third-order valence-corrected chi connectivity index (χ3v) is 16.1. The molecule has 0 fully saturated rings. The zero-order valence-electron chi connectivity index (χ0n) is 41.2. The first-order valence-corrected chi connectivity index (χ1v) is 25.3. The molecule has 2 heterocycles. The van der Waals surface area contributed by atoms with Crippen molar-refractivity contribution in [2.75, 3.05) is 0 Å². The number of para-hydroxylation sites is 3. The van der Waals surface area contributed by atoms with Crippen LogP contribution in [0.2, 0.25) is 0 Å². The van der Waals surface area contributed by atoms with E-state index in [4.69, 9.17) is 0 Å². The van der Waals surface area contributed by atoms with Crippen molar-refractivity contribution in [2.24, 2.45) is 0 Å². The van der Waals surface area contributed by atoms with Crippen LogP contribution in [0, 0.1) is 0 Å². The molecule has 0 bridgehead atoms. The SMILES string of the molecule is CC(C)(C)c1ccc2c(c1)C1(c3cc(C(C)(C)C)ccc3-2)c2cc(-n3c4ccccc4c4cc(-c5ccc6c(c5)c5ccccc5n6-c5ccccc5)ccc43)ccc2-c2c(-c3ccccc3)cccc21. The summed E-state index contributed by atoms with van der Waals surface area (Å²) in [5.41, 5.74) is 24.9. The van der Waals surface area contributed by atoms with Crippen LogP contribution < -0.4 is 0 Å². The summed E-state index contributed by atoms with van der Waals surface area (Å²) in [5, 5.41) is 5.01. The molecule has 2 aromatic heterocycles. The number of nitrogens with zero attached hydrogens (tertiary/aromatic N) is 2. The zero-order valence-corrected chi connectivity index (χ0v) is 41.2. The molecule has 1 spiro atoms. The van der Waals surface area contributed by atoms with Gasteiger partial charge < -0.3 is 9.13 Å². The maximum atomic E-state index is 2.56. The minimum Gasteiger partial charge on any atom is -0.309 e. The molecule has 0 aliphatic heterocycles. The standard InChI is InChI=1S/C69H54N2/c1-67(2,3)46-30-33-51-52-34-31-47(68(4,5)6)41-60(52)69(59(51)40-46)58-25-17-24-50(43-18-9-7-10-19-43)66(58)55-35-32-49(42-61(55)69)71-63-27-16-14-23-54(63)57-39-45(29-37-65(57)71)44-28-36-64-56(38-44)53-22-13-15-26-62(53)70(64)48-20-11-8-12-21-48/h7-42H,1-6H3. The highest BCUT2D eigenvalue weighted by molar-refractivity contribution is 6.13. The number of benzene rings is 10. The lowest BCUT2D eigenvalue weighted by molar-refractivity contribution is 0.586. The maximum Gasteiger partial charge on any atom is 0.0726 e. The lowest BCUT2D eigenvalue weighted by Gasteiger charge is -2.33. The predicted octanol–water partition coefficient (Wildman–Crippen LogP) is 18.2. The number of fused-ring (bicyclic) bond motifs is 16. The second kappa shape index (κ2) is 14.9. The molecule has 10 aromatic carbocycles. The van der Waals surface area contributed by atoms with Crippen LogP contribution in [0.3, 0.4) is 0 Å². The topological polar surface area (TPSA) is 9.86 Å². The summed E-state index contributed by atoms with van der Waals surface area (Å²) in [6.07, 6.45) is 0. The van der Waals surface area contributed by atoms with Crippen molar-refractivity contribution in [1.29, 1.82) is 0 Å². The van der Waals surface area contributed by atoms with Gasteiger partial charge >= 0.3 is 0 Å². The quantitative estimate of drug-likeness (QED) is 0.167. The van der Waals surface area contributed by atoms with Crippen molar-refractivity contribution >= 4 is 43.6 Å². The number of hydrogen-bond donors (Lipinski definition) is 0. The Labute approximate surface area is 416 Å². The Bertz CT molecular complexity index is 4100. The van der Waals surface area contributed by atoms with Gasteiger partial charge in [-0.3, -0.25) is 0 Å². The Balaban J connectivity index is 1.01. The van der Waals surface area contributed by atoms with Gasteiger partial charge in [-0.1, -0.05) is 199 Å². The summed E-state index contributed by atoms with van der Waals surface area (Å²) in [7, 11) is 0. The molecular formula is C69H54N2. The highest BCUT2D eigenvalue weighted by Gasteiger charge is 2.53. The van der Waals surface area contributed by atoms with Gasteiger partial charge in [-0.25, -0.2) is 0 Å². The molecule has 340 valence electrons. The summed E-state index contributed by atoms with van der Waals surface area (Å²) in [4.78, 5) is 0. The number of aromatic nitrogens is 2. The van der Waals surface area contributed by atoms with Crippen LogP contribution >= 0.6 is 0 Å². The van der Waals surface area contributed by atoms with Gasteiger partial charge in [0, 0.05) is 32.9 Å². The van der Waals surface area contributed by atoms with E-state index in [1.54, 1.807) is 0 Å². The summed E-state index contributed by atoms with van der Waals surface area (Å²) in [5.74, 6) is 0. The van der Waals surface area contributed by atoms with E-state index in [-0.39, 0.29) is 10.8 Å². The monoisotopic (exact) mass is 910 g/mol. The second-order valence-electron chi connectivity index (χ2n) is 22.1. The van der Waals surface area contributed by atoms with Crippen molar-refractivity contribution < 1.29 is 0 Å². The Kier molecular flexibility index (Phi) is 8.76. The molecule has 12 aromatic rings. The smallest absolute Gasteiger partial charge is 0.0726 e. The average Bonchev–Trinajstić information content (AvgIpc) is 4.10. The van der Waals surface area contributed by atoms with Crippen LogP contribution in [0.5, 0.6) is 0 Å².